The van der Waals surface area contributed by atoms with Crippen molar-refractivity contribution in [2.24, 2.45) is 0 Å². The number of amides is 1. The Labute approximate surface area is 330 Å². The second kappa shape index (κ2) is 20.7. The predicted molar refractivity (Wildman–Crippen MR) is 211 cm³/mol. The largest absolute Gasteiger partial charge is 0.472 e. The van der Waals surface area contributed by atoms with Crippen LogP contribution in [0.25, 0.3) is 0 Å². The van der Waals surface area contributed by atoms with E-state index in [0.717, 1.165) is 56.2 Å². The van der Waals surface area contributed by atoms with E-state index in [2.05, 4.69) is 27.6 Å². The lowest BCUT2D eigenvalue weighted by Gasteiger charge is -2.20. The van der Waals surface area contributed by atoms with Gasteiger partial charge in [-0.3, -0.25) is 19.0 Å². The summed E-state index contributed by atoms with van der Waals surface area (Å²) in [4.78, 5) is 24.9. The highest BCUT2D eigenvalue weighted by atomic mass is 35.5. The van der Waals surface area contributed by atoms with Crippen LogP contribution in [0.15, 0.2) is 121 Å². The van der Waals surface area contributed by atoms with Crippen LogP contribution in [0.1, 0.15) is 63.5 Å². The molecule has 8 rings (SSSR count). The summed E-state index contributed by atoms with van der Waals surface area (Å²) in [5, 5.41) is 11.8. The monoisotopic (exact) mass is 782 g/mol. The summed E-state index contributed by atoms with van der Waals surface area (Å²) in [6.07, 6.45) is 1.92. The average Bonchev–Trinajstić information content (AvgIpc) is 3.64. The fraction of sp³-hybridized carbons (Fsp3) is 0.256. The van der Waals surface area contributed by atoms with Crippen molar-refractivity contribution in [3.63, 3.8) is 0 Å². The van der Waals surface area contributed by atoms with Crippen molar-refractivity contribution < 1.29 is 27.8 Å². The zero-order chi connectivity index (χ0) is 38.4. The molecule has 4 aromatic carbocycles. The summed E-state index contributed by atoms with van der Waals surface area (Å²) in [6.45, 7) is 5.76. The van der Waals surface area contributed by atoms with Crippen molar-refractivity contribution in [1.82, 2.24) is 29.8 Å². The molecule has 0 spiro atoms. The quantitative estimate of drug-likeness (QED) is 0.155. The fourth-order valence-corrected chi connectivity index (χ4v) is 6.03. The highest BCUT2D eigenvalue weighted by Gasteiger charge is 2.22. The Kier molecular flexibility index (Phi) is 15.3. The van der Waals surface area contributed by atoms with Crippen LogP contribution >= 0.6 is 11.6 Å². The number of ether oxygens (including phenoxy) is 2. The lowest BCUT2D eigenvalue weighted by atomic mass is 10.2. The van der Waals surface area contributed by atoms with E-state index in [1.54, 1.807) is 4.90 Å². The molecule has 56 heavy (non-hydrogen) atoms. The van der Waals surface area contributed by atoms with E-state index in [1.165, 1.54) is 59.8 Å². The van der Waals surface area contributed by atoms with E-state index >= 15 is 0 Å². The van der Waals surface area contributed by atoms with Crippen molar-refractivity contribution in [2.75, 3.05) is 13.1 Å². The molecule has 0 bridgehead atoms. The van der Waals surface area contributed by atoms with E-state index in [0.29, 0.717) is 43.3 Å². The fourth-order valence-electron chi connectivity index (χ4n) is 5.90. The van der Waals surface area contributed by atoms with Gasteiger partial charge in [-0.25, -0.2) is 8.78 Å². The van der Waals surface area contributed by atoms with Crippen LogP contribution in [-0.2, 0) is 39.4 Å². The number of hydrogen-bond donors (Lipinski definition) is 1. The van der Waals surface area contributed by atoms with Crippen LogP contribution in [0.2, 0.25) is 0 Å². The number of aromatic nitrogens is 4. The Morgan fingerprint density at radius 3 is 1.71 bits per heavy atom. The zero-order valence-corrected chi connectivity index (χ0v) is 30.9. The topological polar surface area (TPSA) is 104 Å². The number of carbonyl (C=O) groups is 2. The Morgan fingerprint density at radius 2 is 1.16 bits per heavy atom. The zero-order valence-electron chi connectivity index (χ0n) is 30.1. The Balaban J connectivity index is 0.000000178. The number of hydrogen-bond acceptors (Lipinski definition) is 7. The average molecular weight is 783 g/mol. The van der Waals surface area contributed by atoms with E-state index in [9.17, 15) is 18.4 Å². The Bertz CT molecular complexity index is 2100. The number of aryl methyl sites for hydroxylation is 2. The second-order valence-corrected chi connectivity index (χ2v) is 13.2. The molecular weight excluding hydrogens is 738 g/mol. The molecule has 1 N–H and O–H groups in total. The molecule has 13 heteroatoms. The summed E-state index contributed by atoms with van der Waals surface area (Å²) < 4.78 is 40.8. The van der Waals surface area contributed by atoms with Crippen LogP contribution in [0.3, 0.4) is 0 Å². The molecule has 0 aliphatic carbocycles. The molecule has 0 fully saturated rings. The molecule has 0 radical (unpaired) electrons. The van der Waals surface area contributed by atoms with Gasteiger partial charge in [-0.05, 0) is 90.6 Å². The first-order valence-electron chi connectivity index (χ1n) is 18.0. The minimum atomic E-state index is -0.569. The minimum Gasteiger partial charge on any atom is -0.472 e. The molecule has 1 amide bonds. The minimum absolute atomic E-state index is 0. The van der Waals surface area contributed by atoms with Crippen LogP contribution < -0.4 is 14.8 Å². The number of fused-ring (bicyclic) bond motifs is 2. The maximum absolute atomic E-state index is 13.1. The third kappa shape index (κ3) is 12.1. The van der Waals surface area contributed by atoms with E-state index < -0.39 is 5.24 Å². The Morgan fingerprint density at radius 1 is 0.661 bits per heavy atom. The standard InChI is InChI=1S/C21H20FN3O2.C14H17N3O.C7H4ClFO.CH4/c22-18-9-7-17(8-10-18)21(26)24-11-4-12-25-19(14-24)13-20(23-25)27-15-16-5-2-1-3-6-16;1-2-5-12(6-3-1)11-18-14-9-13-10-15-7-4-8-17(13)16-14;8-7(10)5-1-3-6(9)4-2-5;/h1-3,5-10,13H,4,11-12,14-15H2;1-3,5-6,9,15H,4,7-8,10-11H2;1-4H;1H4. The summed E-state index contributed by atoms with van der Waals surface area (Å²) in [6, 6.07) is 34.7. The summed E-state index contributed by atoms with van der Waals surface area (Å²) >= 11 is 5.09. The van der Waals surface area contributed by atoms with E-state index in [4.69, 9.17) is 21.1 Å². The van der Waals surface area contributed by atoms with Gasteiger partial charge in [0, 0.05) is 49.4 Å². The molecule has 0 unspecified atom stereocenters. The first-order valence-corrected chi connectivity index (χ1v) is 18.4. The summed E-state index contributed by atoms with van der Waals surface area (Å²) in [5.41, 5.74) is 5.18. The molecule has 6 aromatic rings. The number of benzene rings is 4. The second-order valence-electron chi connectivity index (χ2n) is 12.8. The van der Waals surface area contributed by atoms with Crippen molar-refractivity contribution in [1.29, 1.82) is 0 Å². The lowest BCUT2D eigenvalue weighted by molar-refractivity contribution is 0.0745. The molecule has 0 atom stereocenters. The van der Waals surface area contributed by atoms with Crippen LogP contribution in [0.5, 0.6) is 11.8 Å². The molecule has 4 heterocycles. The van der Waals surface area contributed by atoms with Crippen molar-refractivity contribution in [3.8, 4) is 11.8 Å². The highest BCUT2D eigenvalue weighted by Crippen LogP contribution is 2.21. The first-order chi connectivity index (χ1) is 26.8. The van der Waals surface area contributed by atoms with Gasteiger partial charge in [0.1, 0.15) is 24.8 Å². The number of nitrogens with zero attached hydrogens (tertiary/aromatic N) is 5. The molecule has 0 saturated carbocycles. The normalized spacial score (nSPS) is 13.1. The number of halogens is 3. The lowest BCUT2D eigenvalue weighted by Crippen LogP contribution is -2.30. The SMILES string of the molecule is C.O=C(Cl)c1ccc(F)cc1.O=C(c1ccc(F)cc1)N1CCCn2nc(OCc3ccccc3)cc2C1.c1ccc(COc2cc3n(n2)CCCNC3)cc1. The molecule has 0 saturated heterocycles. The van der Waals surface area contributed by atoms with Gasteiger partial charge in [0.15, 0.2) is 0 Å². The van der Waals surface area contributed by atoms with E-state index in [1.807, 2.05) is 70.0 Å². The molecular formula is C43H45ClF2N6O4. The molecule has 2 aromatic heterocycles. The Hall–Kier alpha value is -5.85. The third-order valence-electron chi connectivity index (χ3n) is 8.77. The van der Waals surface area contributed by atoms with Gasteiger partial charge in [-0.1, -0.05) is 68.1 Å². The number of nitrogens with one attached hydrogen (secondary N) is 1. The van der Waals surface area contributed by atoms with E-state index in [-0.39, 0.29) is 25.0 Å². The molecule has 10 nitrogen and oxygen atoms in total. The van der Waals surface area contributed by atoms with Gasteiger partial charge in [-0.15, -0.1) is 10.2 Å². The third-order valence-corrected chi connectivity index (χ3v) is 8.99. The van der Waals surface area contributed by atoms with Crippen molar-refractivity contribution >= 4 is 22.8 Å². The van der Waals surface area contributed by atoms with Crippen LogP contribution in [0, 0.1) is 11.6 Å². The van der Waals surface area contributed by atoms with Gasteiger partial charge in [0.05, 0.1) is 17.9 Å². The van der Waals surface area contributed by atoms with Gasteiger partial charge in [-0.2, -0.15) is 0 Å². The predicted octanol–water partition coefficient (Wildman–Crippen LogP) is 8.44. The number of carbonyl (C=O) groups excluding carboxylic acids is 2. The van der Waals surface area contributed by atoms with Gasteiger partial charge < -0.3 is 19.7 Å². The van der Waals surface area contributed by atoms with Gasteiger partial charge >= 0.3 is 0 Å². The van der Waals surface area contributed by atoms with Crippen molar-refractivity contribution in [3.05, 3.63) is 167 Å². The maximum atomic E-state index is 13.1. The molecule has 2 aliphatic rings. The van der Waals surface area contributed by atoms with Gasteiger partial charge in [0.2, 0.25) is 11.8 Å². The molecule has 2 aliphatic heterocycles. The van der Waals surface area contributed by atoms with Crippen molar-refractivity contribution in [2.45, 2.75) is 59.7 Å². The summed E-state index contributed by atoms with van der Waals surface area (Å²) in [7, 11) is 0. The smallest absolute Gasteiger partial charge is 0.254 e. The maximum Gasteiger partial charge on any atom is 0.254 e. The van der Waals surface area contributed by atoms with Crippen LogP contribution in [-0.4, -0.2) is 48.7 Å². The van der Waals surface area contributed by atoms with Gasteiger partial charge in [0.25, 0.3) is 11.1 Å². The number of rotatable bonds is 8. The molecule has 292 valence electrons. The van der Waals surface area contributed by atoms with Crippen LogP contribution in [0.4, 0.5) is 8.78 Å². The summed E-state index contributed by atoms with van der Waals surface area (Å²) in [5.74, 6) is 0.459. The highest BCUT2D eigenvalue weighted by molar-refractivity contribution is 6.67. The first kappa shape index (κ1) is 41.3.